The molecule has 2 aromatic carbocycles. The Bertz CT molecular complexity index is 722. The number of ether oxygens (including phenoxy) is 1. The van der Waals surface area contributed by atoms with E-state index in [9.17, 15) is 9.59 Å². The van der Waals surface area contributed by atoms with Crippen LogP contribution in [0.3, 0.4) is 0 Å². The standard InChI is InChI=1S/C19H23N3O3/c1-19(2,3)25-18(24)22(4)16-12-10-15(11-13-16)21-17(23)20-14-8-6-5-7-9-14/h5-13H,1-4H3,(H2,20,21,23). The van der Waals surface area contributed by atoms with Gasteiger partial charge >= 0.3 is 12.1 Å². The van der Waals surface area contributed by atoms with Crippen LogP contribution in [0.15, 0.2) is 54.6 Å². The number of benzene rings is 2. The van der Waals surface area contributed by atoms with Crippen molar-refractivity contribution in [2.45, 2.75) is 26.4 Å². The van der Waals surface area contributed by atoms with Crippen LogP contribution in [0.5, 0.6) is 0 Å². The second kappa shape index (κ2) is 7.70. The molecule has 0 saturated heterocycles. The maximum absolute atomic E-state index is 12.0. The molecule has 0 unspecified atom stereocenters. The first kappa shape index (κ1) is 18.3. The third kappa shape index (κ3) is 5.84. The maximum Gasteiger partial charge on any atom is 0.414 e. The Morgan fingerprint density at radius 1 is 0.880 bits per heavy atom. The molecule has 25 heavy (non-hydrogen) atoms. The molecule has 2 rings (SSSR count). The molecule has 0 aliphatic heterocycles. The molecule has 3 amide bonds. The molecule has 6 heteroatoms. The van der Waals surface area contributed by atoms with Gasteiger partial charge in [-0.3, -0.25) is 4.90 Å². The Balaban J connectivity index is 1.95. The van der Waals surface area contributed by atoms with Crippen LogP contribution in [-0.4, -0.2) is 24.8 Å². The van der Waals surface area contributed by atoms with E-state index in [-0.39, 0.29) is 6.03 Å². The molecule has 0 spiro atoms. The smallest absolute Gasteiger partial charge is 0.414 e. The number of carbonyl (C=O) groups excluding carboxylic acids is 2. The van der Waals surface area contributed by atoms with Gasteiger partial charge in [-0.1, -0.05) is 18.2 Å². The number of para-hydroxylation sites is 1. The number of nitrogens with zero attached hydrogens (tertiary/aromatic N) is 1. The summed E-state index contributed by atoms with van der Waals surface area (Å²) in [5, 5.41) is 5.48. The predicted octanol–water partition coefficient (Wildman–Crippen LogP) is 4.70. The summed E-state index contributed by atoms with van der Waals surface area (Å²) in [7, 11) is 1.64. The number of hydrogen-bond donors (Lipinski definition) is 2. The van der Waals surface area contributed by atoms with Gasteiger partial charge in [-0.15, -0.1) is 0 Å². The minimum Gasteiger partial charge on any atom is -0.443 e. The summed E-state index contributed by atoms with van der Waals surface area (Å²) in [6.07, 6.45) is -0.435. The van der Waals surface area contributed by atoms with Crippen LogP contribution in [0, 0.1) is 0 Å². The van der Waals surface area contributed by atoms with Crippen LogP contribution in [-0.2, 0) is 4.74 Å². The fourth-order valence-electron chi connectivity index (χ4n) is 2.02. The van der Waals surface area contributed by atoms with E-state index in [1.54, 1.807) is 43.4 Å². The molecule has 2 aromatic rings. The topological polar surface area (TPSA) is 70.7 Å². The minimum absolute atomic E-state index is 0.334. The lowest BCUT2D eigenvalue weighted by Crippen LogP contribution is -2.34. The third-order valence-corrected chi connectivity index (χ3v) is 3.21. The van der Waals surface area contributed by atoms with E-state index in [2.05, 4.69) is 10.6 Å². The summed E-state index contributed by atoms with van der Waals surface area (Å²) >= 11 is 0. The van der Waals surface area contributed by atoms with Crippen molar-refractivity contribution in [2.24, 2.45) is 0 Å². The van der Waals surface area contributed by atoms with Crippen molar-refractivity contribution in [3.8, 4) is 0 Å². The van der Waals surface area contributed by atoms with Gasteiger partial charge in [0.2, 0.25) is 0 Å². The quantitative estimate of drug-likeness (QED) is 0.850. The number of anilines is 3. The van der Waals surface area contributed by atoms with Crippen LogP contribution < -0.4 is 15.5 Å². The summed E-state index contributed by atoms with van der Waals surface area (Å²) < 4.78 is 5.32. The fourth-order valence-corrected chi connectivity index (χ4v) is 2.02. The largest absolute Gasteiger partial charge is 0.443 e. The lowest BCUT2D eigenvalue weighted by Gasteiger charge is -2.24. The summed E-state index contributed by atoms with van der Waals surface area (Å²) in [5.41, 5.74) is 1.45. The lowest BCUT2D eigenvalue weighted by molar-refractivity contribution is 0.0589. The SMILES string of the molecule is CN(C(=O)OC(C)(C)C)c1ccc(NC(=O)Nc2ccccc2)cc1. The molecular formula is C19H23N3O3. The van der Waals surface area contributed by atoms with Crippen LogP contribution in [0.25, 0.3) is 0 Å². The van der Waals surface area contributed by atoms with Gasteiger partial charge in [0, 0.05) is 24.1 Å². The highest BCUT2D eigenvalue weighted by Crippen LogP contribution is 2.19. The summed E-state index contributed by atoms with van der Waals surface area (Å²) in [6, 6.07) is 15.8. The maximum atomic E-state index is 12.0. The van der Waals surface area contributed by atoms with Gasteiger partial charge in [0.25, 0.3) is 0 Å². The molecular weight excluding hydrogens is 318 g/mol. The highest BCUT2D eigenvalue weighted by atomic mass is 16.6. The number of carbonyl (C=O) groups is 2. The zero-order valence-corrected chi connectivity index (χ0v) is 14.9. The van der Waals surface area contributed by atoms with E-state index in [0.717, 1.165) is 0 Å². The molecule has 0 saturated carbocycles. The molecule has 0 aromatic heterocycles. The lowest BCUT2D eigenvalue weighted by atomic mass is 10.2. The Morgan fingerprint density at radius 2 is 1.40 bits per heavy atom. The average molecular weight is 341 g/mol. The van der Waals surface area contributed by atoms with Crippen molar-refractivity contribution in [3.63, 3.8) is 0 Å². The van der Waals surface area contributed by atoms with Crippen LogP contribution in [0.1, 0.15) is 20.8 Å². The summed E-state index contributed by atoms with van der Waals surface area (Å²) in [6.45, 7) is 5.45. The molecule has 0 bridgehead atoms. The third-order valence-electron chi connectivity index (χ3n) is 3.21. The van der Waals surface area contributed by atoms with E-state index in [0.29, 0.717) is 17.1 Å². The van der Waals surface area contributed by atoms with Gasteiger partial charge in [0.1, 0.15) is 5.60 Å². The molecule has 2 N–H and O–H groups in total. The highest BCUT2D eigenvalue weighted by Gasteiger charge is 2.20. The van der Waals surface area contributed by atoms with Crippen molar-refractivity contribution in [2.75, 3.05) is 22.6 Å². The minimum atomic E-state index is -0.553. The Morgan fingerprint density at radius 3 is 1.92 bits per heavy atom. The van der Waals surface area contributed by atoms with Gasteiger partial charge in [-0.25, -0.2) is 9.59 Å². The first-order chi connectivity index (χ1) is 11.7. The first-order valence-corrected chi connectivity index (χ1v) is 7.94. The van der Waals surface area contributed by atoms with Gasteiger partial charge < -0.3 is 15.4 Å². The molecule has 0 fully saturated rings. The zero-order valence-electron chi connectivity index (χ0n) is 14.9. The highest BCUT2D eigenvalue weighted by molar-refractivity contribution is 6.00. The molecule has 0 aliphatic carbocycles. The first-order valence-electron chi connectivity index (χ1n) is 7.94. The number of urea groups is 1. The van der Waals surface area contributed by atoms with E-state index < -0.39 is 11.7 Å². The van der Waals surface area contributed by atoms with Gasteiger partial charge in [0.05, 0.1) is 0 Å². The zero-order chi connectivity index (χ0) is 18.4. The fraction of sp³-hybridized carbons (Fsp3) is 0.263. The molecule has 6 nitrogen and oxygen atoms in total. The van der Waals surface area contributed by atoms with Crippen molar-refractivity contribution in [1.82, 2.24) is 0 Å². The van der Waals surface area contributed by atoms with Crippen LogP contribution >= 0.6 is 0 Å². The van der Waals surface area contributed by atoms with Crippen LogP contribution in [0.4, 0.5) is 26.7 Å². The molecule has 132 valence electrons. The molecule has 0 heterocycles. The van der Waals surface area contributed by atoms with Crippen molar-refractivity contribution in [3.05, 3.63) is 54.6 Å². The van der Waals surface area contributed by atoms with E-state index >= 15 is 0 Å². The number of nitrogens with one attached hydrogen (secondary N) is 2. The normalized spacial score (nSPS) is 10.7. The van der Waals surface area contributed by atoms with Gasteiger partial charge in [-0.05, 0) is 57.2 Å². The molecule has 0 radical (unpaired) electrons. The van der Waals surface area contributed by atoms with Gasteiger partial charge in [0.15, 0.2) is 0 Å². The number of rotatable bonds is 3. The monoisotopic (exact) mass is 341 g/mol. The van der Waals surface area contributed by atoms with Crippen LogP contribution in [0.2, 0.25) is 0 Å². The van der Waals surface area contributed by atoms with E-state index in [1.165, 1.54) is 4.90 Å². The van der Waals surface area contributed by atoms with Crippen molar-refractivity contribution >= 4 is 29.2 Å². The average Bonchev–Trinajstić information content (AvgIpc) is 2.54. The Hall–Kier alpha value is -3.02. The molecule has 0 atom stereocenters. The number of hydrogen-bond acceptors (Lipinski definition) is 3. The van der Waals surface area contributed by atoms with E-state index in [4.69, 9.17) is 4.74 Å². The second-order valence-electron chi connectivity index (χ2n) is 6.53. The summed E-state index contributed by atoms with van der Waals surface area (Å²) in [4.78, 5) is 25.4. The van der Waals surface area contributed by atoms with Crippen molar-refractivity contribution < 1.29 is 14.3 Å². The van der Waals surface area contributed by atoms with Gasteiger partial charge in [-0.2, -0.15) is 0 Å². The number of amides is 3. The molecule has 0 aliphatic rings. The Labute approximate surface area is 147 Å². The summed E-state index contributed by atoms with van der Waals surface area (Å²) in [5.74, 6) is 0. The Kier molecular flexibility index (Phi) is 5.64. The van der Waals surface area contributed by atoms with Crippen molar-refractivity contribution in [1.29, 1.82) is 0 Å². The predicted molar refractivity (Wildman–Crippen MR) is 100 cm³/mol. The second-order valence-corrected chi connectivity index (χ2v) is 6.53. The van der Waals surface area contributed by atoms with E-state index in [1.807, 2.05) is 39.0 Å².